The Morgan fingerprint density at radius 1 is 1.12 bits per heavy atom. The van der Waals surface area contributed by atoms with E-state index in [1.165, 1.54) is 0 Å². The smallest absolute Gasteiger partial charge is 0.323 e. The molecule has 0 aliphatic carbocycles. The molecule has 1 aliphatic heterocycles. The lowest BCUT2D eigenvalue weighted by Crippen LogP contribution is -2.48. The van der Waals surface area contributed by atoms with Gasteiger partial charge in [-0.2, -0.15) is 0 Å². The van der Waals surface area contributed by atoms with Gasteiger partial charge in [-0.1, -0.05) is 0 Å². The van der Waals surface area contributed by atoms with E-state index in [-0.39, 0.29) is 17.5 Å². The van der Waals surface area contributed by atoms with Gasteiger partial charge >= 0.3 is 5.69 Å². The maximum Gasteiger partial charge on any atom is 0.323 e. The van der Waals surface area contributed by atoms with Gasteiger partial charge in [-0.05, 0) is 18.2 Å². The van der Waals surface area contributed by atoms with Crippen LogP contribution in [0.5, 0.6) is 0 Å². The lowest BCUT2D eigenvalue weighted by molar-refractivity contribution is -0.130. The molecular weight excluding hydrogens is 310 g/mol. The Morgan fingerprint density at radius 3 is 2.54 bits per heavy atom. The van der Waals surface area contributed by atoms with Crippen molar-refractivity contribution in [1.82, 2.24) is 19.8 Å². The van der Waals surface area contributed by atoms with Crippen molar-refractivity contribution in [2.75, 3.05) is 38.0 Å². The standard InChI is InChI=1S/C16H21N5O3/c1-11(22)21-8-6-20(7-9-21)5-4-15(23)17-12-2-3-13-14(10-12)19-16(24)18-13/h2-3,10H,4-9H2,1H3,(H,17,23)(H2,18,19,24). The number of piperazine rings is 1. The van der Waals surface area contributed by atoms with E-state index in [2.05, 4.69) is 20.2 Å². The van der Waals surface area contributed by atoms with E-state index in [4.69, 9.17) is 0 Å². The van der Waals surface area contributed by atoms with Gasteiger partial charge in [0.2, 0.25) is 11.8 Å². The van der Waals surface area contributed by atoms with Gasteiger partial charge in [-0.25, -0.2) is 4.79 Å². The molecule has 128 valence electrons. The highest BCUT2D eigenvalue weighted by atomic mass is 16.2. The highest BCUT2D eigenvalue weighted by molar-refractivity contribution is 5.93. The van der Waals surface area contributed by atoms with E-state index in [0.717, 1.165) is 13.1 Å². The van der Waals surface area contributed by atoms with Gasteiger partial charge < -0.3 is 20.2 Å². The summed E-state index contributed by atoms with van der Waals surface area (Å²) in [7, 11) is 0. The summed E-state index contributed by atoms with van der Waals surface area (Å²) in [5.74, 6) is 0.0341. The van der Waals surface area contributed by atoms with Gasteiger partial charge in [0, 0.05) is 51.8 Å². The molecule has 1 aromatic heterocycles. The van der Waals surface area contributed by atoms with Gasteiger partial charge in [-0.3, -0.25) is 14.5 Å². The molecule has 3 rings (SSSR count). The molecule has 8 heteroatoms. The maximum absolute atomic E-state index is 12.1. The van der Waals surface area contributed by atoms with Gasteiger partial charge in [-0.15, -0.1) is 0 Å². The number of anilines is 1. The predicted molar refractivity (Wildman–Crippen MR) is 90.9 cm³/mol. The highest BCUT2D eigenvalue weighted by Crippen LogP contribution is 2.14. The zero-order valence-electron chi connectivity index (χ0n) is 13.6. The van der Waals surface area contributed by atoms with Crippen molar-refractivity contribution in [1.29, 1.82) is 0 Å². The molecule has 1 saturated heterocycles. The Morgan fingerprint density at radius 2 is 1.83 bits per heavy atom. The van der Waals surface area contributed by atoms with E-state index >= 15 is 0 Å². The van der Waals surface area contributed by atoms with E-state index in [1.807, 2.05) is 4.90 Å². The molecule has 8 nitrogen and oxygen atoms in total. The minimum absolute atomic E-state index is 0.0683. The second-order valence-corrected chi connectivity index (χ2v) is 5.99. The fourth-order valence-corrected chi connectivity index (χ4v) is 2.88. The number of H-pyrrole nitrogens is 2. The third-order valence-electron chi connectivity index (χ3n) is 4.27. The Kier molecular flexibility index (Phi) is 4.66. The zero-order chi connectivity index (χ0) is 17.1. The van der Waals surface area contributed by atoms with Crippen molar-refractivity contribution >= 4 is 28.5 Å². The molecule has 0 unspecified atom stereocenters. The third kappa shape index (κ3) is 3.83. The second kappa shape index (κ2) is 6.88. The van der Waals surface area contributed by atoms with E-state index in [9.17, 15) is 14.4 Å². The van der Waals surface area contributed by atoms with Crippen LogP contribution in [0.15, 0.2) is 23.0 Å². The van der Waals surface area contributed by atoms with Crippen LogP contribution in [-0.2, 0) is 9.59 Å². The van der Waals surface area contributed by atoms with Crippen molar-refractivity contribution in [3.63, 3.8) is 0 Å². The molecule has 2 heterocycles. The van der Waals surface area contributed by atoms with Crippen LogP contribution in [0.25, 0.3) is 11.0 Å². The van der Waals surface area contributed by atoms with E-state index < -0.39 is 0 Å². The number of amides is 2. The van der Waals surface area contributed by atoms with Crippen molar-refractivity contribution < 1.29 is 9.59 Å². The number of imidazole rings is 1. The summed E-state index contributed by atoms with van der Waals surface area (Å²) >= 11 is 0. The Bertz CT molecular complexity index is 801. The zero-order valence-corrected chi connectivity index (χ0v) is 13.6. The largest absolute Gasteiger partial charge is 0.340 e. The molecule has 1 fully saturated rings. The summed E-state index contributed by atoms with van der Waals surface area (Å²) in [5.41, 5.74) is 1.77. The van der Waals surface area contributed by atoms with E-state index in [0.29, 0.717) is 42.8 Å². The fourth-order valence-electron chi connectivity index (χ4n) is 2.88. The number of carbonyl (C=O) groups excluding carboxylic acids is 2. The quantitative estimate of drug-likeness (QED) is 0.752. The predicted octanol–water partition coefficient (Wildman–Crippen LogP) is 0.349. The monoisotopic (exact) mass is 331 g/mol. The van der Waals surface area contributed by atoms with Gasteiger partial charge in [0.1, 0.15) is 0 Å². The topological polar surface area (TPSA) is 101 Å². The van der Waals surface area contributed by atoms with Crippen LogP contribution in [0.1, 0.15) is 13.3 Å². The van der Waals surface area contributed by atoms with Crippen LogP contribution in [0.3, 0.4) is 0 Å². The number of nitrogens with zero attached hydrogens (tertiary/aromatic N) is 2. The maximum atomic E-state index is 12.1. The summed E-state index contributed by atoms with van der Waals surface area (Å²) in [6, 6.07) is 5.25. The number of hydrogen-bond acceptors (Lipinski definition) is 4. The fraction of sp³-hybridized carbons (Fsp3) is 0.438. The summed E-state index contributed by atoms with van der Waals surface area (Å²) in [6.07, 6.45) is 0.391. The number of hydrogen-bond donors (Lipinski definition) is 3. The Hall–Kier alpha value is -2.61. The van der Waals surface area contributed by atoms with Crippen molar-refractivity contribution in [3.05, 3.63) is 28.7 Å². The molecule has 0 bridgehead atoms. The van der Waals surface area contributed by atoms with Crippen LogP contribution < -0.4 is 11.0 Å². The minimum atomic E-state index is -0.266. The highest BCUT2D eigenvalue weighted by Gasteiger charge is 2.18. The Labute approximate surface area is 138 Å². The average Bonchev–Trinajstić information content (AvgIpc) is 2.92. The number of benzene rings is 1. The molecule has 1 aromatic carbocycles. The lowest BCUT2D eigenvalue weighted by Gasteiger charge is -2.34. The molecule has 0 radical (unpaired) electrons. The number of rotatable bonds is 4. The van der Waals surface area contributed by atoms with Gasteiger partial charge in [0.25, 0.3) is 0 Å². The number of fused-ring (bicyclic) bond motifs is 1. The molecule has 2 aromatic rings. The molecular formula is C16H21N5O3. The first-order valence-corrected chi connectivity index (χ1v) is 8.01. The van der Waals surface area contributed by atoms with Crippen LogP contribution in [0, 0.1) is 0 Å². The molecule has 0 saturated carbocycles. The molecule has 0 spiro atoms. The van der Waals surface area contributed by atoms with Gasteiger partial charge in [0.15, 0.2) is 0 Å². The van der Waals surface area contributed by atoms with E-state index in [1.54, 1.807) is 25.1 Å². The molecule has 2 amide bonds. The van der Waals surface area contributed by atoms with Crippen LogP contribution in [0.2, 0.25) is 0 Å². The lowest BCUT2D eigenvalue weighted by atomic mass is 10.2. The first-order valence-electron chi connectivity index (χ1n) is 8.01. The van der Waals surface area contributed by atoms with Crippen molar-refractivity contribution in [2.24, 2.45) is 0 Å². The molecule has 0 atom stereocenters. The summed E-state index contributed by atoms with van der Waals surface area (Å²) in [6.45, 7) is 5.27. The molecule has 3 N–H and O–H groups in total. The SMILES string of the molecule is CC(=O)N1CCN(CCC(=O)Nc2ccc3[nH]c(=O)[nH]c3c2)CC1. The number of nitrogens with one attached hydrogen (secondary N) is 3. The van der Waals surface area contributed by atoms with Crippen LogP contribution >= 0.6 is 0 Å². The van der Waals surface area contributed by atoms with Crippen LogP contribution in [0.4, 0.5) is 5.69 Å². The number of carbonyl (C=O) groups is 2. The third-order valence-corrected chi connectivity index (χ3v) is 4.27. The van der Waals surface area contributed by atoms with Crippen LogP contribution in [-0.4, -0.2) is 64.3 Å². The summed E-state index contributed by atoms with van der Waals surface area (Å²) in [5, 5.41) is 2.84. The minimum Gasteiger partial charge on any atom is -0.340 e. The molecule has 1 aliphatic rings. The average molecular weight is 331 g/mol. The Balaban J connectivity index is 1.48. The number of aromatic nitrogens is 2. The first-order chi connectivity index (χ1) is 11.5. The number of aromatic amines is 2. The summed E-state index contributed by atoms with van der Waals surface area (Å²) in [4.78, 5) is 43.9. The second-order valence-electron chi connectivity index (χ2n) is 5.99. The normalized spacial score (nSPS) is 15.6. The molecule has 24 heavy (non-hydrogen) atoms. The van der Waals surface area contributed by atoms with Gasteiger partial charge in [0.05, 0.1) is 11.0 Å². The van der Waals surface area contributed by atoms with Crippen molar-refractivity contribution in [3.8, 4) is 0 Å². The first kappa shape index (κ1) is 16.3. The van der Waals surface area contributed by atoms with Crippen molar-refractivity contribution in [2.45, 2.75) is 13.3 Å². The summed E-state index contributed by atoms with van der Waals surface area (Å²) < 4.78 is 0.